The molecule has 0 aliphatic carbocycles. The third kappa shape index (κ3) is 3.62. The minimum atomic E-state index is -1.24. The Labute approximate surface area is 140 Å². The highest BCUT2D eigenvalue weighted by Gasteiger charge is 2.34. The van der Waals surface area contributed by atoms with Crippen LogP contribution >= 0.6 is 0 Å². The van der Waals surface area contributed by atoms with Gasteiger partial charge in [0.2, 0.25) is 5.91 Å². The fourth-order valence-electron chi connectivity index (χ4n) is 3.20. The number of nitrogens with one attached hydrogen (secondary N) is 1. The molecule has 2 fully saturated rings. The lowest BCUT2D eigenvalue weighted by atomic mass is 9.95. The van der Waals surface area contributed by atoms with Gasteiger partial charge in [0.15, 0.2) is 0 Å². The first-order chi connectivity index (χ1) is 11.5. The maximum atomic E-state index is 12.2. The van der Waals surface area contributed by atoms with Crippen molar-refractivity contribution in [2.75, 3.05) is 26.2 Å². The number of piperidine rings is 1. The van der Waals surface area contributed by atoms with E-state index >= 15 is 0 Å². The average Bonchev–Trinajstić information content (AvgIpc) is 2.51. The fourth-order valence-corrected chi connectivity index (χ4v) is 3.20. The van der Waals surface area contributed by atoms with Crippen LogP contribution in [0.25, 0.3) is 0 Å². The number of aromatic carboxylic acids is 1. The molecule has 1 aromatic carbocycles. The number of nitrogens with zero attached hydrogens (tertiary/aromatic N) is 1. The Kier molecular flexibility index (Phi) is 4.89. The molecule has 2 saturated heterocycles. The van der Waals surface area contributed by atoms with Crippen molar-refractivity contribution >= 4 is 11.9 Å². The summed E-state index contributed by atoms with van der Waals surface area (Å²) in [6.45, 7) is 2.83. The summed E-state index contributed by atoms with van der Waals surface area (Å²) in [5.74, 6) is -0.901. The van der Waals surface area contributed by atoms with Gasteiger partial charge in [-0.2, -0.15) is 0 Å². The first-order valence-electron chi connectivity index (χ1n) is 8.25. The highest BCUT2D eigenvalue weighted by atomic mass is 16.5. The number of hydrogen-bond donors (Lipinski definition) is 3. The zero-order valence-corrected chi connectivity index (χ0v) is 13.4. The summed E-state index contributed by atoms with van der Waals surface area (Å²) in [5.41, 5.74) is -0.240. The van der Waals surface area contributed by atoms with Crippen LogP contribution in [0.1, 0.15) is 29.6 Å². The molecule has 0 spiro atoms. The van der Waals surface area contributed by atoms with Gasteiger partial charge in [0, 0.05) is 6.42 Å². The van der Waals surface area contributed by atoms with Crippen molar-refractivity contribution < 1.29 is 24.5 Å². The van der Waals surface area contributed by atoms with Crippen molar-refractivity contribution in [3.63, 3.8) is 0 Å². The van der Waals surface area contributed by atoms with Gasteiger partial charge in [-0.05, 0) is 44.0 Å². The molecule has 3 rings (SSSR count). The summed E-state index contributed by atoms with van der Waals surface area (Å²) in [6, 6.07) is 4.36. The number of rotatable bonds is 5. The molecule has 2 aliphatic rings. The van der Waals surface area contributed by atoms with Crippen LogP contribution < -0.4 is 10.1 Å². The second-order valence-corrected chi connectivity index (χ2v) is 6.41. The van der Waals surface area contributed by atoms with Crippen molar-refractivity contribution in [3.8, 4) is 11.5 Å². The number of carbonyl (C=O) groups excluding carboxylic acids is 1. The lowest BCUT2D eigenvalue weighted by Gasteiger charge is -2.40. The van der Waals surface area contributed by atoms with Gasteiger partial charge in [0.25, 0.3) is 0 Å². The molecule has 7 nitrogen and oxygen atoms in total. The molecular weight excluding hydrogens is 312 g/mol. The number of amides is 1. The van der Waals surface area contributed by atoms with Gasteiger partial charge in [-0.15, -0.1) is 0 Å². The molecule has 2 aliphatic heterocycles. The van der Waals surface area contributed by atoms with E-state index in [1.807, 2.05) is 0 Å². The first kappa shape index (κ1) is 16.6. The van der Waals surface area contributed by atoms with Gasteiger partial charge in [0.1, 0.15) is 23.2 Å². The predicted molar refractivity (Wildman–Crippen MR) is 86.3 cm³/mol. The second kappa shape index (κ2) is 7.09. The number of benzene rings is 1. The van der Waals surface area contributed by atoms with E-state index < -0.39 is 5.97 Å². The first-order valence-corrected chi connectivity index (χ1v) is 8.25. The van der Waals surface area contributed by atoms with Crippen LogP contribution in [0.5, 0.6) is 11.5 Å². The van der Waals surface area contributed by atoms with Crippen LogP contribution in [-0.4, -0.2) is 59.3 Å². The van der Waals surface area contributed by atoms with Crippen LogP contribution in [0.3, 0.4) is 0 Å². The third-order valence-corrected chi connectivity index (χ3v) is 4.57. The second-order valence-electron chi connectivity index (χ2n) is 6.41. The Hall–Kier alpha value is -2.28. The van der Waals surface area contributed by atoms with Crippen molar-refractivity contribution in [2.24, 2.45) is 5.92 Å². The molecule has 7 heteroatoms. The molecule has 0 saturated carbocycles. The summed E-state index contributed by atoms with van der Waals surface area (Å²) in [5, 5.41) is 22.1. The molecule has 24 heavy (non-hydrogen) atoms. The van der Waals surface area contributed by atoms with Crippen molar-refractivity contribution in [3.05, 3.63) is 23.8 Å². The highest BCUT2D eigenvalue weighted by molar-refractivity contribution is 5.94. The quantitative estimate of drug-likeness (QED) is 0.745. The molecule has 0 aromatic heterocycles. The number of carboxylic acid groups (broad SMARTS) is 1. The van der Waals surface area contributed by atoms with Crippen LogP contribution in [0, 0.1) is 5.92 Å². The van der Waals surface area contributed by atoms with Gasteiger partial charge in [-0.3, -0.25) is 4.79 Å². The van der Waals surface area contributed by atoms with Crippen molar-refractivity contribution in [1.29, 1.82) is 0 Å². The van der Waals surface area contributed by atoms with Gasteiger partial charge < -0.3 is 25.2 Å². The predicted octanol–water partition coefficient (Wildman–Crippen LogP) is 1.07. The minimum absolute atomic E-state index is 0.123. The fraction of sp³-hybridized carbons (Fsp3) is 0.529. The van der Waals surface area contributed by atoms with Gasteiger partial charge in [-0.1, -0.05) is 6.07 Å². The van der Waals surface area contributed by atoms with Crippen LogP contribution in [0.2, 0.25) is 0 Å². The van der Waals surface area contributed by atoms with Crippen LogP contribution in [-0.2, 0) is 4.79 Å². The Morgan fingerprint density at radius 2 is 2.12 bits per heavy atom. The number of phenols is 1. The average molecular weight is 334 g/mol. The maximum absolute atomic E-state index is 12.2. The largest absolute Gasteiger partial charge is 0.507 e. The van der Waals surface area contributed by atoms with Crippen LogP contribution in [0.4, 0.5) is 0 Å². The normalized spacial score (nSPS) is 21.2. The zero-order chi connectivity index (χ0) is 17.1. The lowest BCUT2D eigenvalue weighted by molar-refractivity contribution is -0.141. The zero-order valence-electron chi connectivity index (χ0n) is 13.4. The van der Waals surface area contributed by atoms with E-state index in [0.29, 0.717) is 25.4 Å². The summed E-state index contributed by atoms with van der Waals surface area (Å²) >= 11 is 0. The number of ether oxygens (including phenoxy) is 1. The van der Waals surface area contributed by atoms with E-state index in [-0.39, 0.29) is 29.1 Å². The Balaban J connectivity index is 1.51. The van der Waals surface area contributed by atoms with Gasteiger partial charge >= 0.3 is 5.97 Å². The molecule has 0 radical (unpaired) electrons. The summed E-state index contributed by atoms with van der Waals surface area (Å²) in [4.78, 5) is 25.2. The van der Waals surface area contributed by atoms with E-state index in [1.54, 1.807) is 4.90 Å². The molecule has 3 N–H and O–H groups in total. The number of carbonyl (C=O) groups is 2. The third-order valence-electron chi connectivity index (χ3n) is 4.57. The monoisotopic (exact) mass is 334 g/mol. The number of carboxylic acids is 1. The Morgan fingerprint density at radius 3 is 2.79 bits per heavy atom. The van der Waals surface area contributed by atoms with Crippen molar-refractivity contribution in [2.45, 2.75) is 25.4 Å². The Morgan fingerprint density at radius 1 is 1.33 bits per heavy atom. The van der Waals surface area contributed by atoms with E-state index in [1.165, 1.54) is 18.2 Å². The number of likely N-dealkylation sites (tertiary alicyclic amines) is 1. The maximum Gasteiger partial charge on any atom is 0.343 e. The molecule has 1 amide bonds. The topological polar surface area (TPSA) is 99.1 Å². The summed E-state index contributed by atoms with van der Waals surface area (Å²) < 4.78 is 5.65. The number of aromatic hydroxyl groups is 1. The minimum Gasteiger partial charge on any atom is -0.507 e. The molecule has 1 aromatic rings. The molecule has 1 atom stereocenters. The summed E-state index contributed by atoms with van der Waals surface area (Å²) in [7, 11) is 0. The molecule has 130 valence electrons. The highest BCUT2D eigenvalue weighted by Crippen LogP contribution is 2.30. The lowest BCUT2D eigenvalue weighted by Crippen LogP contribution is -2.56. The van der Waals surface area contributed by atoms with E-state index in [2.05, 4.69) is 5.32 Å². The van der Waals surface area contributed by atoms with Gasteiger partial charge in [0.05, 0.1) is 13.1 Å². The van der Waals surface area contributed by atoms with E-state index in [4.69, 9.17) is 9.84 Å². The Bertz CT molecular complexity index is 621. The number of hydrogen-bond acceptors (Lipinski definition) is 5. The molecule has 0 bridgehead atoms. The van der Waals surface area contributed by atoms with E-state index in [0.717, 1.165) is 25.9 Å². The smallest absolute Gasteiger partial charge is 0.343 e. The van der Waals surface area contributed by atoms with E-state index in [9.17, 15) is 14.7 Å². The molecule has 1 unspecified atom stereocenters. The van der Waals surface area contributed by atoms with Gasteiger partial charge in [-0.25, -0.2) is 4.79 Å². The van der Waals surface area contributed by atoms with Crippen LogP contribution in [0.15, 0.2) is 18.2 Å². The SMILES string of the molecule is O=C(O)c1c(O)cccc1OC1CN(C(=O)CC2CCCNC2)C1. The standard InChI is InChI=1S/C17H22N2O5/c20-13-4-1-5-14(16(13)17(22)23)24-12-9-19(10-12)15(21)7-11-3-2-6-18-8-11/h1,4-5,11-12,18,20H,2-3,6-10H2,(H,22,23). The molecular formula is C17H22N2O5. The molecule has 2 heterocycles. The summed E-state index contributed by atoms with van der Waals surface area (Å²) in [6.07, 6.45) is 2.50. The van der Waals surface area contributed by atoms with Crippen molar-refractivity contribution in [1.82, 2.24) is 10.2 Å².